The molecule has 1 heterocycles. The van der Waals surface area contributed by atoms with Crippen LogP contribution in [0.2, 0.25) is 0 Å². The van der Waals surface area contributed by atoms with Crippen molar-refractivity contribution in [1.82, 2.24) is 5.32 Å². The van der Waals surface area contributed by atoms with Crippen molar-refractivity contribution < 1.29 is 24.1 Å². The molecule has 1 aliphatic heterocycles. The van der Waals surface area contributed by atoms with Gasteiger partial charge < -0.3 is 19.3 Å². The van der Waals surface area contributed by atoms with Crippen molar-refractivity contribution in [1.29, 1.82) is 0 Å². The molecule has 0 saturated carbocycles. The zero-order chi connectivity index (χ0) is 14.0. The summed E-state index contributed by atoms with van der Waals surface area (Å²) in [6.45, 7) is 0. The maximum absolute atomic E-state index is 11.5. The van der Waals surface area contributed by atoms with Crippen LogP contribution in [0.15, 0.2) is 17.9 Å². The minimum atomic E-state index is -0.420. The van der Waals surface area contributed by atoms with Crippen LogP contribution in [0.25, 0.3) is 6.08 Å². The monoisotopic (exact) mass is 281 g/mol. The summed E-state index contributed by atoms with van der Waals surface area (Å²) in [6, 6.07) is 3.09. The van der Waals surface area contributed by atoms with Crippen LogP contribution < -0.4 is 14.8 Å². The van der Waals surface area contributed by atoms with Gasteiger partial charge in [-0.05, 0) is 36.0 Å². The van der Waals surface area contributed by atoms with Gasteiger partial charge in [-0.1, -0.05) is 0 Å². The van der Waals surface area contributed by atoms with Gasteiger partial charge in [-0.3, -0.25) is 10.1 Å². The maximum atomic E-state index is 11.5. The molecule has 1 aliphatic rings. The first-order valence-electron chi connectivity index (χ1n) is 5.25. The SMILES string of the molecule is COc1cc(/C=C2\OC(=S)NC2=O)cc(OC)c1O. The van der Waals surface area contributed by atoms with Crippen molar-refractivity contribution in [2.75, 3.05) is 14.2 Å². The number of hydrogen-bond acceptors (Lipinski definition) is 6. The fraction of sp³-hybridized carbons (Fsp3) is 0.167. The van der Waals surface area contributed by atoms with Gasteiger partial charge in [-0.2, -0.15) is 0 Å². The van der Waals surface area contributed by atoms with E-state index < -0.39 is 5.91 Å². The van der Waals surface area contributed by atoms with Gasteiger partial charge in [0.15, 0.2) is 17.3 Å². The van der Waals surface area contributed by atoms with E-state index in [1.54, 1.807) is 12.1 Å². The van der Waals surface area contributed by atoms with Crippen molar-refractivity contribution in [3.63, 3.8) is 0 Å². The molecule has 0 aromatic heterocycles. The molecule has 1 aromatic rings. The molecule has 1 fully saturated rings. The summed E-state index contributed by atoms with van der Waals surface area (Å²) >= 11 is 4.72. The van der Waals surface area contributed by atoms with Crippen LogP contribution in [0.1, 0.15) is 5.56 Å². The summed E-state index contributed by atoms with van der Waals surface area (Å²) < 4.78 is 15.1. The summed E-state index contributed by atoms with van der Waals surface area (Å²) in [6.07, 6.45) is 1.47. The minimum Gasteiger partial charge on any atom is -0.502 e. The molecule has 2 rings (SSSR count). The first kappa shape index (κ1) is 13.2. The Balaban J connectivity index is 2.43. The number of carbonyl (C=O) groups is 1. The molecule has 19 heavy (non-hydrogen) atoms. The van der Waals surface area contributed by atoms with E-state index in [1.807, 2.05) is 0 Å². The fourth-order valence-corrected chi connectivity index (χ4v) is 1.75. The van der Waals surface area contributed by atoms with Gasteiger partial charge in [0.25, 0.3) is 11.1 Å². The highest BCUT2D eigenvalue weighted by atomic mass is 32.1. The normalized spacial score (nSPS) is 16.2. The van der Waals surface area contributed by atoms with E-state index in [0.29, 0.717) is 5.56 Å². The van der Waals surface area contributed by atoms with Gasteiger partial charge in [-0.15, -0.1) is 0 Å². The second kappa shape index (κ2) is 5.15. The lowest BCUT2D eigenvalue weighted by atomic mass is 10.1. The molecular formula is C12H11NO5S. The van der Waals surface area contributed by atoms with Gasteiger partial charge in [0, 0.05) is 0 Å². The average Bonchev–Trinajstić information content (AvgIpc) is 2.69. The molecule has 0 unspecified atom stereocenters. The summed E-state index contributed by atoms with van der Waals surface area (Å²) in [5.41, 5.74) is 0.571. The number of aromatic hydroxyl groups is 1. The number of benzene rings is 1. The largest absolute Gasteiger partial charge is 0.502 e. The Hall–Kier alpha value is -2.28. The van der Waals surface area contributed by atoms with Gasteiger partial charge in [0.05, 0.1) is 14.2 Å². The molecule has 1 saturated heterocycles. The number of amides is 1. The number of thiocarbonyl (C=S) groups is 1. The highest BCUT2D eigenvalue weighted by molar-refractivity contribution is 7.80. The predicted molar refractivity (Wildman–Crippen MR) is 71.0 cm³/mol. The van der Waals surface area contributed by atoms with Crippen LogP contribution in [0.3, 0.4) is 0 Å². The first-order chi connectivity index (χ1) is 9.05. The van der Waals surface area contributed by atoms with E-state index in [1.165, 1.54) is 20.3 Å². The van der Waals surface area contributed by atoms with E-state index >= 15 is 0 Å². The number of carbonyl (C=O) groups excluding carboxylic acids is 1. The van der Waals surface area contributed by atoms with Crippen molar-refractivity contribution in [2.45, 2.75) is 0 Å². The Morgan fingerprint density at radius 3 is 2.32 bits per heavy atom. The number of phenolic OH excluding ortho intramolecular Hbond substituents is 1. The molecule has 7 heteroatoms. The van der Waals surface area contributed by atoms with E-state index in [4.69, 9.17) is 26.4 Å². The van der Waals surface area contributed by atoms with E-state index in [2.05, 4.69) is 5.32 Å². The molecule has 1 aromatic carbocycles. The van der Waals surface area contributed by atoms with Crippen LogP contribution in [-0.2, 0) is 9.53 Å². The lowest BCUT2D eigenvalue weighted by Gasteiger charge is -2.09. The summed E-state index contributed by atoms with van der Waals surface area (Å²) in [4.78, 5) is 11.5. The van der Waals surface area contributed by atoms with Crippen LogP contribution in [0.5, 0.6) is 17.2 Å². The molecular weight excluding hydrogens is 270 g/mol. The summed E-state index contributed by atoms with van der Waals surface area (Å²) in [5.74, 6) is -0.00497. The highest BCUT2D eigenvalue weighted by Gasteiger charge is 2.23. The Morgan fingerprint density at radius 2 is 1.89 bits per heavy atom. The number of nitrogens with one attached hydrogen (secondary N) is 1. The van der Waals surface area contributed by atoms with E-state index in [0.717, 1.165) is 0 Å². The lowest BCUT2D eigenvalue weighted by molar-refractivity contribution is -0.116. The standard InChI is InChI=1S/C12H11NO5S/c1-16-7-3-6(4-8(17-2)10(7)14)5-9-11(15)13-12(19)18-9/h3-5,14H,1-2H3,(H,13,15,19)/b9-5-. The molecule has 0 atom stereocenters. The van der Waals surface area contributed by atoms with Crippen molar-refractivity contribution in [3.8, 4) is 17.2 Å². The maximum Gasteiger partial charge on any atom is 0.294 e. The van der Waals surface area contributed by atoms with Crippen molar-refractivity contribution in [2.24, 2.45) is 0 Å². The smallest absolute Gasteiger partial charge is 0.294 e. The Labute approximate surface area is 114 Å². The first-order valence-corrected chi connectivity index (χ1v) is 5.66. The summed E-state index contributed by atoms with van der Waals surface area (Å²) in [5, 5.41) is 12.1. The number of methoxy groups -OCH3 is 2. The molecule has 1 amide bonds. The number of ether oxygens (including phenoxy) is 3. The molecule has 100 valence electrons. The lowest BCUT2D eigenvalue weighted by Crippen LogP contribution is -2.18. The molecule has 0 radical (unpaired) electrons. The van der Waals surface area contributed by atoms with Gasteiger partial charge in [0.2, 0.25) is 5.75 Å². The third-order valence-electron chi connectivity index (χ3n) is 2.44. The van der Waals surface area contributed by atoms with Crippen molar-refractivity contribution >= 4 is 29.4 Å². The number of phenols is 1. The quantitative estimate of drug-likeness (QED) is 0.640. The Bertz CT molecular complexity index is 556. The van der Waals surface area contributed by atoms with E-state index in [9.17, 15) is 9.90 Å². The van der Waals surface area contributed by atoms with Crippen LogP contribution in [0, 0.1) is 0 Å². The molecule has 0 spiro atoms. The fourth-order valence-electron chi connectivity index (χ4n) is 1.57. The molecule has 0 aliphatic carbocycles. The average molecular weight is 281 g/mol. The number of hydrogen-bond donors (Lipinski definition) is 2. The van der Waals surface area contributed by atoms with Crippen LogP contribution in [-0.4, -0.2) is 30.4 Å². The van der Waals surface area contributed by atoms with Gasteiger partial charge >= 0.3 is 0 Å². The Kier molecular flexibility index (Phi) is 3.57. The zero-order valence-electron chi connectivity index (χ0n) is 10.2. The summed E-state index contributed by atoms with van der Waals surface area (Å²) in [7, 11) is 2.83. The molecule has 2 N–H and O–H groups in total. The second-order valence-corrected chi connectivity index (χ2v) is 4.00. The third kappa shape index (κ3) is 2.60. The van der Waals surface area contributed by atoms with Crippen LogP contribution in [0.4, 0.5) is 0 Å². The highest BCUT2D eigenvalue weighted by Crippen LogP contribution is 2.37. The Morgan fingerprint density at radius 1 is 1.32 bits per heavy atom. The van der Waals surface area contributed by atoms with Crippen LogP contribution >= 0.6 is 12.2 Å². The second-order valence-electron chi connectivity index (χ2n) is 3.63. The minimum absolute atomic E-state index is 0.00829. The molecule has 0 bridgehead atoms. The predicted octanol–water partition coefficient (Wildman–Crippen LogP) is 1.18. The number of rotatable bonds is 3. The third-order valence-corrected chi connectivity index (χ3v) is 2.63. The topological polar surface area (TPSA) is 77.0 Å². The van der Waals surface area contributed by atoms with Gasteiger partial charge in [-0.25, -0.2) is 0 Å². The van der Waals surface area contributed by atoms with Gasteiger partial charge in [0.1, 0.15) is 0 Å². The van der Waals surface area contributed by atoms with E-state index in [-0.39, 0.29) is 28.2 Å². The molecule has 6 nitrogen and oxygen atoms in total. The van der Waals surface area contributed by atoms with Crippen molar-refractivity contribution in [3.05, 3.63) is 23.5 Å². The zero-order valence-corrected chi connectivity index (χ0v) is 11.0.